The van der Waals surface area contributed by atoms with Crippen molar-refractivity contribution in [2.75, 3.05) is 13.2 Å². The molecule has 332 valence electrons. The molecular weight excluding hydrogens is 697 g/mol. The van der Waals surface area contributed by atoms with E-state index in [0.29, 0.717) is 19.3 Å². The van der Waals surface area contributed by atoms with Crippen LogP contribution in [-0.2, 0) is 28.6 Å². The Kier molecular flexibility index (Phi) is 44.8. The molecule has 0 aromatic carbocycles. The molecule has 0 N–H and O–H groups in total. The van der Waals surface area contributed by atoms with Gasteiger partial charge in [0, 0.05) is 19.3 Å². The Hall–Kier alpha value is -1.59. The van der Waals surface area contributed by atoms with Gasteiger partial charge in [0.25, 0.3) is 0 Å². The van der Waals surface area contributed by atoms with Crippen molar-refractivity contribution < 1.29 is 28.6 Å². The van der Waals surface area contributed by atoms with Gasteiger partial charge in [-0.1, -0.05) is 245 Å². The number of unbranched alkanes of at least 4 members (excludes halogenated alkanes) is 35. The molecule has 0 unspecified atom stereocenters. The molecule has 0 amide bonds. The van der Waals surface area contributed by atoms with Crippen LogP contribution in [0.15, 0.2) is 0 Å². The van der Waals surface area contributed by atoms with Crippen molar-refractivity contribution in [2.45, 2.75) is 290 Å². The van der Waals surface area contributed by atoms with E-state index in [-0.39, 0.29) is 31.1 Å². The van der Waals surface area contributed by atoms with Crippen LogP contribution in [0.5, 0.6) is 0 Å². The van der Waals surface area contributed by atoms with Crippen LogP contribution in [0.2, 0.25) is 0 Å². The van der Waals surface area contributed by atoms with E-state index in [1.807, 2.05) is 0 Å². The monoisotopic (exact) mass is 793 g/mol. The highest BCUT2D eigenvalue weighted by molar-refractivity contribution is 5.71. The number of carbonyl (C=O) groups is 3. The van der Waals surface area contributed by atoms with E-state index in [2.05, 4.69) is 20.8 Å². The van der Waals surface area contributed by atoms with Crippen molar-refractivity contribution in [3.05, 3.63) is 0 Å². The number of esters is 3. The molecule has 0 heterocycles. The first-order chi connectivity index (χ1) is 27.5. The minimum absolute atomic E-state index is 0.0625. The van der Waals surface area contributed by atoms with Crippen LogP contribution in [-0.4, -0.2) is 37.2 Å². The quantitative estimate of drug-likeness (QED) is 0.0347. The number of hydrogen-bond donors (Lipinski definition) is 0. The molecule has 0 aliphatic heterocycles. The average molecular weight is 793 g/mol. The van der Waals surface area contributed by atoms with Gasteiger partial charge in [-0.2, -0.15) is 0 Å². The molecule has 0 rings (SSSR count). The predicted molar refractivity (Wildman–Crippen MR) is 238 cm³/mol. The van der Waals surface area contributed by atoms with E-state index in [9.17, 15) is 14.4 Å². The Morgan fingerprint density at radius 1 is 0.286 bits per heavy atom. The molecule has 0 spiro atoms. The number of ether oxygens (including phenoxy) is 3. The van der Waals surface area contributed by atoms with Crippen LogP contribution in [0, 0.1) is 0 Å². The molecule has 0 aromatic rings. The van der Waals surface area contributed by atoms with Crippen LogP contribution in [0.1, 0.15) is 284 Å². The van der Waals surface area contributed by atoms with Gasteiger partial charge in [0.15, 0.2) is 6.10 Å². The number of rotatable bonds is 46. The lowest BCUT2D eigenvalue weighted by molar-refractivity contribution is -0.167. The zero-order valence-electron chi connectivity index (χ0n) is 37.9. The zero-order valence-corrected chi connectivity index (χ0v) is 37.9. The Balaban J connectivity index is 4.21. The minimum atomic E-state index is -0.758. The minimum Gasteiger partial charge on any atom is -0.462 e. The van der Waals surface area contributed by atoms with Gasteiger partial charge in [-0.15, -0.1) is 0 Å². The summed E-state index contributed by atoms with van der Waals surface area (Å²) in [5.74, 6) is -0.851. The second-order valence-corrected chi connectivity index (χ2v) is 17.1. The lowest BCUT2D eigenvalue weighted by atomic mass is 10.0. The maximum Gasteiger partial charge on any atom is 0.306 e. The van der Waals surface area contributed by atoms with Gasteiger partial charge in [-0.25, -0.2) is 0 Å². The lowest BCUT2D eigenvalue weighted by Gasteiger charge is -2.18. The first-order valence-corrected chi connectivity index (χ1v) is 25.0. The summed E-state index contributed by atoms with van der Waals surface area (Å²) in [5, 5.41) is 0. The molecular formula is C50H96O6. The van der Waals surface area contributed by atoms with Crippen LogP contribution in [0.25, 0.3) is 0 Å². The summed E-state index contributed by atoms with van der Waals surface area (Å²) in [6, 6.07) is 0. The molecule has 0 saturated heterocycles. The molecule has 0 radical (unpaired) electrons. The molecule has 6 heteroatoms. The summed E-state index contributed by atoms with van der Waals surface area (Å²) in [6.45, 7) is 6.64. The lowest BCUT2D eigenvalue weighted by Crippen LogP contribution is -2.30. The summed E-state index contributed by atoms with van der Waals surface area (Å²) in [6.07, 6.45) is 48.1. The third kappa shape index (κ3) is 43.5. The Bertz CT molecular complexity index is 828. The maximum atomic E-state index is 12.7. The Morgan fingerprint density at radius 3 is 0.714 bits per heavy atom. The molecule has 0 fully saturated rings. The van der Waals surface area contributed by atoms with Crippen molar-refractivity contribution in [2.24, 2.45) is 0 Å². The Labute approximate surface area is 348 Å². The molecule has 0 bridgehead atoms. The van der Waals surface area contributed by atoms with Crippen LogP contribution in [0.3, 0.4) is 0 Å². The van der Waals surface area contributed by atoms with E-state index in [1.54, 1.807) is 0 Å². The van der Waals surface area contributed by atoms with Crippen molar-refractivity contribution in [1.29, 1.82) is 0 Å². The van der Waals surface area contributed by atoms with Gasteiger partial charge in [-0.3, -0.25) is 14.4 Å². The average Bonchev–Trinajstić information content (AvgIpc) is 3.19. The first kappa shape index (κ1) is 54.4. The van der Waals surface area contributed by atoms with E-state index in [1.165, 1.54) is 186 Å². The summed E-state index contributed by atoms with van der Waals surface area (Å²) < 4.78 is 16.7. The normalized spacial score (nSPS) is 11.8. The molecule has 0 aliphatic carbocycles. The fourth-order valence-electron chi connectivity index (χ4n) is 7.56. The molecule has 1 atom stereocenters. The Morgan fingerprint density at radius 2 is 0.482 bits per heavy atom. The smallest absolute Gasteiger partial charge is 0.306 e. The largest absolute Gasteiger partial charge is 0.462 e. The van der Waals surface area contributed by atoms with Gasteiger partial charge in [0.2, 0.25) is 0 Å². The topological polar surface area (TPSA) is 78.9 Å². The van der Waals surface area contributed by atoms with E-state index < -0.39 is 6.10 Å². The highest BCUT2D eigenvalue weighted by Gasteiger charge is 2.19. The second-order valence-electron chi connectivity index (χ2n) is 17.1. The summed E-state index contributed by atoms with van der Waals surface area (Å²) >= 11 is 0. The maximum absolute atomic E-state index is 12.7. The van der Waals surface area contributed by atoms with Crippen LogP contribution in [0.4, 0.5) is 0 Å². The summed E-state index contributed by atoms with van der Waals surface area (Å²) in [5.41, 5.74) is 0. The third-order valence-electron chi connectivity index (χ3n) is 11.4. The van der Waals surface area contributed by atoms with Crippen molar-refractivity contribution in [3.63, 3.8) is 0 Å². The predicted octanol–water partition coefficient (Wildman–Crippen LogP) is 16.0. The van der Waals surface area contributed by atoms with Gasteiger partial charge in [0.1, 0.15) is 13.2 Å². The number of hydrogen-bond acceptors (Lipinski definition) is 6. The van der Waals surface area contributed by atoms with Gasteiger partial charge >= 0.3 is 17.9 Å². The SMILES string of the molecule is CCCCCCCCCCCCCCCCCCC(=O)O[C@@H](COC(=O)CCCCCCCCC)COC(=O)CCCCCCCCCCCCCCCCC. The van der Waals surface area contributed by atoms with Crippen LogP contribution < -0.4 is 0 Å². The fourth-order valence-corrected chi connectivity index (χ4v) is 7.56. The second kappa shape index (κ2) is 46.1. The van der Waals surface area contributed by atoms with E-state index in [0.717, 1.165) is 57.8 Å². The van der Waals surface area contributed by atoms with Crippen LogP contribution >= 0.6 is 0 Å². The molecule has 0 saturated carbocycles. The molecule has 0 aromatic heterocycles. The summed E-state index contributed by atoms with van der Waals surface area (Å²) in [4.78, 5) is 37.7. The van der Waals surface area contributed by atoms with Crippen molar-refractivity contribution in [3.8, 4) is 0 Å². The van der Waals surface area contributed by atoms with Gasteiger partial charge < -0.3 is 14.2 Å². The highest BCUT2D eigenvalue weighted by Crippen LogP contribution is 2.16. The van der Waals surface area contributed by atoms with Crippen molar-refractivity contribution >= 4 is 17.9 Å². The number of carbonyl (C=O) groups excluding carboxylic acids is 3. The molecule has 6 nitrogen and oxygen atoms in total. The van der Waals surface area contributed by atoms with Crippen molar-refractivity contribution in [1.82, 2.24) is 0 Å². The highest BCUT2D eigenvalue weighted by atomic mass is 16.6. The van der Waals surface area contributed by atoms with Gasteiger partial charge in [0.05, 0.1) is 0 Å². The summed E-state index contributed by atoms with van der Waals surface area (Å²) in [7, 11) is 0. The third-order valence-corrected chi connectivity index (χ3v) is 11.4. The first-order valence-electron chi connectivity index (χ1n) is 25.0. The standard InChI is InChI=1S/C50H96O6/c1-4-7-10-13-16-18-20-22-24-26-28-30-32-35-38-41-44-50(53)56-47(45-54-48(51)42-39-36-33-15-12-9-6-3)46-55-49(52)43-40-37-34-31-29-27-25-23-21-19-17-14-11-8-5-2/h47H,4-46H2,1-3H3/t47-/m0/s1. The zero-order chi connectivity index (χ0) is 40.8. The van der Waals surface area contributed by atoms with E-state index >= 15 is 0 Å². The van der Waals surface area contributed by atoms with Gasteiger partial charge in [-0.05, 0) is 19.3 Å². The molecule has 56 heavy (non-hydrogen) atoms. The molecule has 0 aliphatic rings. The fraction of sp³-hybridized carbons (Fsp3) is 0.940. The van der Waals surface area contributed by atoms with E-state index in [4.69, 9.17) is 14.2 Å².